The molecule has 0 unspecified atom stereocenters. The van der Waals surface area contributed by atoms with Gasteiger partial charge in [-0.2, -0.15) is 16.7 Å². The molecule has 3 aliphatic rings. The number of anilines is 5. The molecule has 232 valence electrons. The molecule has 0 radical (unpaired) electrons. The maximum absolute atomic E-state index is 13.7. The lowest BCUT2D eigenvalue weighted by molar-refractivity contribution is -0.117. The van der Waals surface area contributed by atoms with Crippen LogP contribution >= 0.6 is 23.4 Å². The van der Waals surface area contributed by atoms with Crippen LogP contribution in [0.2, 0.25) is 5.02 Å². The lowest BCUT2D eigenvalue weighted by Crippen LogP contribution is -2.41. The zero-order chi connectivity index (χ0) is 30.6. The third kappa shape index (κ3) is 6.86. The fourth-order valence-electron chi connectivity index (χ4n) is 6.03. The summed E-state index contributed by atoms with van der Waals surface area (Å²) in [5.41, 5.74) is 2.23. The lowest BCUT2D eigenvalue weighted by atomic mass is 10.0. The highest BCUT2D eigenvalue weighted by Crippen LogP contribution is 2.33. The summed E-state index contributed by atoms with van der Waals surface area (Å²) in [6.45, 7) is 3.77. The highest BCUT2D eigenvalue weighted by atomic mass is 35.5. The average molecular weight is 642 g/mol. The molecule has 0 saturated carbocycles. The molecule has 3 saturated heterocycles. The molecule has 13 heteroatoms. The number of nitrogens with zero attached hydrogens (tertiary/aromatic N) is 5. The van der Waals surface area contributed by atoms with E-state index in [9.17, 15) is 18.4 Å². The van der Waals surface area contributed by atoms with Gasteiger partial charge in [-0.15, -0.1) is 0 Å². The minimum absolute atomic E-state index is 0.00422. The van der Waals surface area contributed by atoms with Gasteiger partial charge in [-0.1, -0.05) is 11.6 Å². The first-order valence-corrected chi connectivity index (χ1v) is 16.5. The van der Waals surface area contributed by atoms with Gasteiger partial charge in [0.15, 0.2) is 5.82 Å². The number of hydrogen-bond acceptors (Lipinski definition) is 8. The summed E-state index contributed by atoms with van der Waals surface area (Å²) >= 11 is 8.34. The number of thioether (sulfide) groups is 1. The van der Waals surface area contributed by atoms with E-state index in [1.165, 1.54) is 12.6 Å². The molecule has 3 fully saturated rings. The van der Waals surface area contributed by atoms with Crippen LogP contribution < -0.4 is 20.4 Å². The van der Waals surface area contributed by atoms with Gasteiger partial charge in [0.2, 0.25) is 11.9 Å². The van der Waals surface area contributed by atoms with Crippen molar-refractivity contribution in [2.75, 3.05) is 64.7 Å². The Kier molecular flexibility index (Phi) is 9.36. The second kappa shape index (κ2) is 13.6. The van der Waals surface area contributed by atoms with Gasteiger partial charge in [0.1, 0.15) is 22.7 Å². The van der Waals surface area contributed by atoms with Gasteiger partial charge in [-0.3, -0.25) is 9.59 Å². The Bertz CT molecular complexity index is 1510. The Labute approximate surface area is 264 Å². The van der Waals surface area contributed by atoms with E-state index >= 15 is 0 Å². The lowest BCUT2D eigenvalue weighted by Gasteiger charge is -2.33. The molecule has 1 atom stereocenters. The molecule has 6 rings (SSSR count). The molecule has 9 nitrogen and oxygen atoms in total. The molecule has 44 heavy (non-hydrogen) atoms. The van der Waals surface area contributed by atoms with E-state index in [0.717, 1.165) is 67.7 Å². The van der Waals surface area contributed by atoms with Crippen LogP contribution in [0.25, 0.3) is 0 Å². The predicted octanol–water partition coefficient (Wildman–Crippen LogP) is 5.94. The molecule has 3 aromatic rings. The standard InChI is InChI=1S/C31H34ClF2N7O2S/c32-25-19-35-31(37-23-16-20(33)15-21(34)17-23)38-28(25)41-10-4-5-27(41)29(42)36-22-6-7-26(39-8-2-1-3-9-39)24(18-22)30(43)40-11-13-44-14-12-40/h6-7,15-19,27H,1-5,8-14H2,(H,36,42)(H,35,37,38)/t27-/m0/s1. The smallest absolute Gasteiger partial charge is 0.256 e. The van der Waals surface area contributed by atoms with E-state index in [1.54, 1.807) is 0 Å². The van der Waals surface area contributed by atoms with Gasteiger partial charge in [-0.25, -0.2) is 13.8 Å². The molecule has 2 aromatic carbocycles. The van der Waals surface area contributed by atoms with Crippen molar-refractivity contribution in [1.29, 1.82) is 0 Å². The monoisotopic (exact) mass is 641 g/mol. The number of nitrogens with one attached hydrogen (secondary N) is 2. The summed E-state index contributed by atoms with van der Waals surface area (Å²) in [6.07, 6.45) is 6.07. The highest BCUT2D eigenvalue weighted by molar-refractivity contribution is 7.99. The van der Waals surface area contributed by atoms with Gasteiger partial charge in [0.25, 0.3) is 5.91 Å². The topological polar surface area (TPSA) is 93.7 Å². The number of halogens is 3. The van der Waals surface area contributed by atoms with E-state index in [0.29, 0.717) is 43.1 Å². The maximum Gasteiger partial charge on any atom is 0.256 e. The Hall–Kier alpha value is -3.64. The van der Waals surface area contributed by atoms with Gasteiger partial charge >= 0.3 is 0 Å². The minimum atomic E-state index is -0.735. The average Bonchev–Trinajstić information content (AvgIpc) is 3.52. The first-order valence-electron chi connectivity index (χ1n) is 14.9. The number of piperidine rings is 1. The van der Waals surface area contributed by atoms with E-state index in [2.05, 4.69) is 25.5 Å². The van der Waals surface area contributed by atoms with Crippen molar-refractivity contribution in [2.45, 2.75) is 38.1 Å². The molecule has 0 spiro atoms. The SMILES string of the molecule is O=C(Nc1ccc(N2CCCCC2)c(C(=O)N2CCSCC2)c1)[C@@H]1CCCN1c1nc(Nc2cc(F)cc(F)c2)ncc1Cl. The van der Waals surface area contributed by atoms with Crippen LogP contribution in [0.3, 0.4) is 0 Å². The van der Waals surface area contributed by atoms with Gasteiger partial charge < -0.3 is 25.3 Å². The largest absolute Gasteiger partial charge is 0.371 e. The van der Waals surface area contributed by atoms with Crippen molar-refractivity contribution in [3.8, 4) is 0 Å². The van der Waals surface area contributed by atoms with Crippen molar-refractivity contribution in [3.63, 3.8) is 0 Å². The third-order valence-electron chi connectivity index (χ3n) is 8.16. The van der Waals surface area contributed by atoms with E-state index < -0.39 is 17.7 Å². The number of hydrogen-bond donors (Lipinski definition) is 2. The minimum Gasteiger partial charge on any atom is -0.371 e. The Morgan fingerprint density at radius 1 is 0.909 bits per heavy atom. The number of amides is 2. The number of benzene rings is 2. The van der Waals surface area contributed by atoms with Crippen molar-refractivity contribution in [3.05, 3.63) is 64.8 Å². The van der Waals surface area contributed by atoms with Gasteiger partial charge in [-0.05, 0) is 62.4 Å². The number of carbonyl (C=O) groups excluding carboxylic acids is 2. The molecule has 0 aliphatic carbocycles. The third-order valence-corrected chi connectivity index (χ3v) is 9.37. The summed E-state index contributed by atoms with van der Waals surface area (Å²) in [5.74, 6) is 0.559. The van der Waals surface area contributed by atoms with E-state index in [1.807, 2.05) is 39.8 Å². The molecule has 1 aromatic heterocycles. The van der Waals surface area contributed by atoms with Crippen molar-refractivity contribution in [1.82, 2.24) is 14.9 Å². The van der Waals surface area contributed by atoms with Crippen LogP contribution in [0.5, 0.6) is 0 Å². The molecular weight excluding hydrogens is 608 g/mol. The maximum atomic E-state index is 13.7. The number of carbonyl (C=O) groups is 2. The zero-order valence-corrected chi connectivity index (χ0v) is 25.8. The van der Waals surface area contributed by atoms with E-state index in [-0.39, 0.29) is 28.5 Å². The first-order chi connectivity index (χ1) is 21.4. The summed E-state index contributed by atoms with van der Waals surface area (Å²) < 4.78 is 27.4. The molecule has 0 bridgehead atoms. The van der Waals surface area contributed by atoms with Crippen LogP contribution in [-0.2, 0) is 4.79 Å². The van der Waals surface area contributed by atoms with Gasteiger partial charge in [0, 0.05) is 67.4 Å². The summed E-state index contributed by atoms with van der Waals surface area (Å²) in [7, 11) is 0. The molecular formula is C31H34ClF2N7O2S. The summed E-state index contributed by atoms with van der Waals surface area (Å²) in [5, 5.41) is 6.10. The predicted molar refractivity (Wildman–Crippen MR) is 171 cm³/mol. The molecule has 3 aliphatic heterocycles. The van der Waals surface area contributed by atoms with Crippen LogP contribution in [-0.4, -0.2) is 77.0 Å². The first kappa shape index (κ1) is 30.4. The van der Waals surface area contributed by atoms with E-state index in [4.69, 9.17) is 11.6 Å². The molecule has 4 heterocycles. The summed E-state index contributed by atoms with van der Waals surface area (Å²) in [4.78, 5) is 42.0. The molecule has 2 N–H and O–H groups in total. The Balaban J connectivity index is 1.22. The Morgan fingerprint density at radius 2 is 1.66 bits per heavy atom. The van der Waals surface area contributed by atoms with Crippen LogP contribution in [0, 0.1) is 11.6 Å². The van der Waals surface area contributed by atoms with Crippen molar-refractivity contribution < 1.29 is 18.4 Å². The van der Waals surface area contributed by atoms with Crippen LogP contribution in [0.15, 0.2) is 42.6 Å². The second-order valence-corrected chi connectivity index (χ2v) is 12.8. The van der Waals surface area contributed by atoms with Gasteiger partial charge in [0.05, 0.1) is 11.8 Å². The Morgan fingerprint density at radius 3 is 2.41 bits per heavy atom. The second-order valence-electron chi connectivity index (χ2n) is 11.2. The highest BCUT2D eigenvalue weighted by Gasteiger charge is 2.34. The molecule has 2 amide bonds. The number of rotatable bonds is 7. The summed E-state index contributed by atoms with van der Waals surface area (Å²) in [6, 6.07) is 8.10. The number of aromatic nitrogens is 2. The fraction of sp³-hybridized carbons (Fsp3) is 0.419. The van der Waals surface area contributed by atoms with Crippen LogP contribution in [0.4, 0.5) is 37.6 Å². The fourth-order valence-corrected chi connectivity index (χ4v) is 7.13. The normalized spacial score (nSPS) is 18.8. The van der Waals surface area contributed by atoms with Crippen molar-refractivity contribution >= 4 is 64.0 Å². The van der Waals surface area contributed by atoms with Crippen LogP contribution in [0.1, 0.15) is 42.5 Å². The zero-order valence-electron chi connectivity index (χ0n) is 24.2. The quantitative estimate of drug-likeness (QED) is 0.328. The van der Waals surface area contributed by atoms with Crippen molar-refractivity contribution in [2.24, 2.45) is 0 Å².